The van der Waals surface area contributed by atoms with Crippen molar-refractivity contribution in [2.75, 3.05) is 31.1 Å². The smallest absolute Gasteiger partial charge is 0.317 e. The number of anilines is 1. The number of amides is 3. The zero-order chi connectivity index (χ0) is 20.6. The molecular weight excluding hydrogens is 380 g/mol. The summed E-state index contributed by atoms with van der Waals surface area (Å²) in [4.78, 5) is 38.0. The summed E-state index contributed by atoms with van der Waals surface area (Å²) >= 11 is 0. The molecule has 4 heterocycles. The van der Waals surface area contributed by atoms with Crippen molar-refractivity contribution in [1.29, 1.82) is 0 Å². The van der Waals surface area contributed by atoms with Gasteiger partial charge in [-0.3, -0.25) is 4.79 Å². The molecule has 1 spiro atoms. The van der Waals surface area contributed by atoms with Crippen LogP contribution in [-0.4, -0.2) is 58.5 Å². The third-order valence-electron chi connectivity index (χ3n) is 6.80. The number of carbonyl (C=O) groups excluding carboxylic acids is 2. The molecule has 0 bridgehead atoms. The minimum absolute atomic E-state index is 0.0349. The molecule has 2 N–H and O–H groups in total. The molecule has 5 rings (SSSR count). The van der Waals surface area contributed by atoms with E-state index in [0.717, 1.165) is 24.9 Å². The van der Waals surface area contributed by atoms with Gasteiger partial charge in [0.15, 0.2) is 0 Å². The molecule has 8 nitrogen and oxygen atoms in total. The van der Waals surface area contributed by atoms with E-state index in [9.17, 15) is 9.59 Å². The van der Waals surface area contributed by atoms with Crippen LogP contribution in [0.25, 0.3) is 0 Å². The van der Waals surface area contributed by atoms with E-state index in [0.29, 0.717) is 32.1 Å². The number of likely N-dealkylation sites (tertiary alicyclic amines) is 1. The highest BCUT2D eigenvalue weighted by Crippen LogP contribution is 2.44. The predicted molar refractivity (Wildman–Crippen MR) is 112 cm³/mol. The van der Waals surface area contributed by atoms with Crippen molar-refractivity contribution in [3.8, 4) is 0 Å². The Labute approximate surface area is 175 Å². The average molecular weight is 406 g/mol. The third-order valence-corrected chi connectivity index (χ3v) is 6.80. The number of nitrogens with zero attached hydrogens (tertiary/aromatic N) is 4. The van der Waals surface area contributed by atoms with Crippen LogP contribution in [-0.2, 0) is 11.3 Å². The van der Waals surface area contributed by atoms with Gasteiger partial charge in [-0.15, -0.1) is 0 Å². The van der Waals surface area contributed by atoms with E-state index in [4.69, 9.17) is 0 Å². The molecule has 3 aliphatic rings. The first-order valence-corrected chi connectivity index (χ1v) is 10.6. The summed E-state index contributed by atoms with van der Waals surface area (Å²) in [5, 5.41) is 6.30. The van der Waals surface area contributed by atoms with Gasteiger partial charge in [0.05, 0.1) is 5.92 Å². The van der Waals surface area contributed by atoms with Crippen LogP contribution < -0.4 is 15.5 Å². The largest absolute Gasteiger partial charge is 0.350 e. The van der Waals surface area contributed by atoms with Crippen LogP contribution >= 0.6 is 0 Å². The molecule has 1 aromatic carbocycles. The number of carbonyl (C=O) groups is 2. The van der Waals surface area contributed by atoms with Crippen molar-refractivity contribution in [3.05, 3.63) is 54.4 Å². The second-order valence-corrected chi connectivity index (χ2v) is 8.44. The fraction of sp³-hybridized carbons (Fsp3) is 0.455. The Morgan fingerprint density at radius 3 is 2.57 bits per heavy atom. The van der Waals surface area contributed by atoms with Crippen molar-refractivity contribution < 1.29 is 9.59 Å². The number of benzene rings is 1. The summed E-state index contributed by atoms with van der Waals surface area (Å²) in [6.07, 6.45) is 5.03. The second kappa shape index (κ2) is 7.59. The number of urea groups is 1. The summed E-state index contributed by atoms with van der Waals surface area (Å²) < 4.78 is 0. The molecule has 0 unspecified atom stereocenters. The number of nitrogens with one attached hydrogen (secondary N) is 2. The molecule has 3 saturated heterocycles. The molecule has 3 amide bonds. The van der Waals surface area contributed by atoms with Crippen molar-refractivity contribution in [2.45, 2.75) is 24.9 Å². The van der Waals surface area contributed by atoms with Crippen molar-refractivity contribution in [3.63, 3.8) is 0 Å². The van der Waals surface area contributed by atoms with Gasteiger partial charge in [-0.05, 0) is 24.5 Å². The van der Waals surface area contributed by atoms with E-state index in [-0.39, 0.29) is 29.3 Å². The van der Waals surface area contributed by atoms with Gasteiger partial charge < -0.3 is 20.4 Å². The van der Waals surface area contributed by atoms with Gasteiger partial charge in [0.1, 0.15) is 0 Å². The van der Waals surface area contributed by atoms with Crippen LogP contribution in [0, 0.1) is 11.8 Å². The Hall–Kier alpha value is -3.16. The number of piperidine rings is 1. The van der Waals surface area contributed by atoms with E-state index in [1.54, 1.807) is 18.5 Å². The van der Waals surface area contributed by atoms with Crippen molar-refractivity contribution in [1.82, 2.24) is 25.5 Å². The SMILES string of the molecule is O=C1NC2(CCN(C(=O)NCc3ccccc3)CC2)[C@@H]2CN(c3ncccn3)C[C@H]12. The van der Waals surface area contributed by atoms with Crippen LogP contribution in [0.5, 0.6) is 0 Å². The molecule has 156 valence electrons. The van der Waals surface area contributed by atoms with E-state index < -0.39 is 0 Å². The van der Waals surface area contributed by atoms with Gasteiger partial charge in [-0.2, -0.15) is 0 Å². The Kier molecular flexibility index (Phi) is 4.77. The third kappa shape index (κ3) is 3.36. The fourth-order valence-electron chi connectivity index (χ4n) is 5.17. The molecule has 8 heteroatoms. The normalized spacial score (nSPS) is 24.6. The second-order valence-electron chi connectivity index (χ2n) is 8.44. The molecule has 30 heavy (non-hydrogen) atoms. The molecule has 2 atom stereocenters. The summed E-state index contributed by atoms with van der Waals surface area (Å²) in [5.74, 6) is 1.00. The maximum Gasteiger partial charge on any atom is 0.317 e. The van der Waals surface area contributed by atoms with Gasteiger partial charge >= 0.3 is 6.03 Å². The Balaban J connectivity index is 1.21. The number of hydrogen-bond donors (Lipinski definition) is 2. The van der Waals surface area contributed by atoms with Gasteiger partial charge in [-0.1, -0.05) is 30.3 Å². The number of fused-ring (bicyclic) bond motifs is 2. The summed E-state index contributed by atoms with van der Waals surface area (Å²) in [7, 11) is 0. The molecule has 3 fully saturated rings. The zero-order valence-electron chi connectivity index (χ0n) is 16.8. The van der Waals surface area contributed by atoms with E-state index in [2.05, 4.69) is 25.5 Å². The summed E-state index contributed by atoms with van der Waals surface area (Å²) in [5.41, 5.74) is 0.848. The highest BCUT2D eigenvalue weighted by atomic mass is 16.2. The number of hydrogen-bond acceptors (Lipinski definition) is 5. The van der Waals surface area contributed by atoms with Crippen LogP contribution in [0.2, 0.25) is 0 Å². The van der Waals surface area contributed by atoms with Crippen molar-refractivity contribution in [2.24, 2.45) is 11.8 Å². The Bertz CT molecular complexity index is 914. The first-order chi connectivity index (χ1) is 14.6. The van der Waals surface area contributed by atoms with Gasteiger partial charge in [0.25, 0.3) is 0 Å². The molecule has 3 aliphatic heterocycles. The minimum atomic E-state index is -0.235. The fourth-order valence-corrected chi connectivity index (χ4v) is 5.17. The van der Waals surface area contributed by atoms with Gasteiger partial charge in [-0.25, -0.2) is 14.8 Å². The zero-order valence-corrected chi connectivity index (χ0v) is 16.8. The van der Waals surface area contributed by atoms with Crippen LogP contribution in [0.3, 0.4) is 0 Å². The van der Waals surface area contributed by atoms with E-state index >= 15 is 0 Å². The lowest BCUT2D eigenvalue weighted by Crippen LogP contribution is -2.57. The predicted octanol–water partition coefficient (Wildman–Crippen LogP) is 1.40. The molecule has 1 aromatic heterocycles. The molecular formula is C22H26N6O2. The monoisotopic (exact) mass is 406 g/mol. The Morgan fingerprint density at radius 1 is 1.10 bits per heavy atom. The Morgan fingerprint density at radius 2 is 1.83 bits per heavy atom. The maximum absolute atomic E-state index is 12.7. The standard InChI is InChI=1S/C22H26N6O2/c29-19-17-14-28(20-23-9-4-10-24-20)15-18(17)22(26-19)7-11-27(12-8-22)21(30)25-13-16-5-2-1-3-6-16/h1-6,9-10,17-18H,7-8,11-15H2,(H,25,30)(H,26,29)/t17-,18+/m0/s1. The summed E-state index contributed by atoms with van der Waals surface area (Å²) in [6, 6.07) is 11.7. The van der Waals surface area contributed by atoms with E-state index in [1.807, 2.05) is 35.2 Å². The molecule has 2 aromatic rings. The topological polar surface area (TPSA) is 90.5 Å². The first kappa shape index (κ1) is 18.8. The quantitative estimate of drug-likeness (QED) is 0.804. The number of rotatable bonds is 3. The minimum Gasteiger partial charge on any atom is -0.350 e. The van der Waals surface area contributed by atoms with Crippen molar-refractivity contribution >= 4 is 17.9 Å². The van der Waals surface area contributed by atoms with Gasteiger partial charge in [0, 0.05) is 56.6 Å². The highest BCUT2D eigenvalue weighted by molar-refractivity contribution is 5.84. The molecule has 0 saturated carbocycles. The highest BCUT2D eigenvalue weighted by Gasteiger charge is 2.57. The average Bonchev–Trinajstić information content (AvgIpc) is 3.34. The first-order valence-electron chi connectivity index (χ1n) is 10.6. The van der Waals surface area contributed by atoms with Crippen LogP contribution in [0.1, 0.15) is 18.4 Å². The molecule has 0 aliphatic carbocycles. The lowest BCUT2D eigenvalue weighted by Gasteiger charge is -2.42. The lowest BCUT2D eigenvalue weighted by molar-refractivity contribution is -0.122. The lowest BCUT2D eigenvalue weighted by atomic mass is 9.75. The number of aromatic nitrogens is 2. The van der Waals surface area contributed by atoms with Gasteiger partial charge in [0.2, 0.25) is 11.9 Å². The van der Waals surface area contributed by atoms with Crippen LogP contribution in [0.15, 0.2) is 48.8 Å². The van der Waals surface area contributed by atoms with Crippen LogP contribution in [0.4, 0.5) is 10.7 Å². The molecule has 0 radical (unpaired) electrons. The van der Waals surface area contributed by atoms with E-state index in [1.165, 1.54) is 0 Å². The maximum atomic E-state index is 12.7. The summed E-state index contributed by atoms with van der Waals surface area (Å²) in [6.45, 7) is 3.24.